The first-order valence-corrected chi connectivity index (χ1v) is 8.65. The number of nitrogens with zero attached hydrogens (tertiary/aromatic N) is 4. The van der Waals surface area contributed by atoms with Gasteiger partial charge in [0.15, 0.2) is 0 Å². The van der Waals surface area contributed by atoms with E-state index in [0.29, 0.717) is 0 Å². The lowest BCUT2D eigenvalue weighted by Gasteiger charge is -2.38. The number of aromatic nitrogens is 3. The Morgan fingerprint density at radius 3 is 2.44 bits per heavy atom. The van der Waals surface area contributed by atoms with Crippen LogP contribution in [0.15, 0.2) is 67.5 Å². The first kappa shape index (κ1) is 16.0. The van der Waals surface area contributed by atoms with Crippen LogP contribution in [0.5, 0.6) is 0 Å². The zero-order valence-electron chi connectivity index (χ0n) is 14.1. The number of hydrogen-bond donors (Lipinski definition) is 1. The summed E-state index contributed by atoms with van der Waals surface area (Å²) in [4.78, 5) is 10.6. The molecule has 5 heteroatoms. The van der Waals surface area contributed by atoms with E-state index in [0.717, 1.165) is 43.7 Å². The van der Waals surface area contributed by atoms with Gasteiger partial charge in [-0.1, -0.05) is 18.2 Å². The van der Waals surface area contributed by atoms with Crippen LogP contribution in [-0.4, -0.2) is 37.6 Å². The van der Waals surface area contributed by atoms with E-state index in [4.69, 9.17) is 0 Å². The van der Waals surface area contributed by atoms with Crippen LogP contribution in [0.4, 0.5) is 0 Å². The van der Waals surface area contributed by atoms with Crippen LogP contribution in [0, 0.1) is 0 Å². The Labute approximate surface area is 147 Å². The van der Waals surface area contributed by atoms with Crippen LogP contribution >= 0.6 is 0 Å². The summed E-state index contributed by atoms with van der Waals surface area (Å²) >= 11 is 0. The number of likely N-dealkylation sites (tertiary alicyclic amines) is 1. The van der Waals surface area contributed by atoms with Crippen molar-refractivity contribution in [2.24, 2.45) is 0 Å². The minimum atomic E-state index is -0.740. The Bertz CT molecular complexity index is 791. The number of aliphatic hydroxyl groups is 1. The maximum atomic E-state index is 10.9. The monoisotopic (exact) mass is 334 g/mol. The van der Waals surface area contributed by atoms with Crippen molar-refractivity contribution in [3.05, 3.63) is 78.6 Å². The molecule has 0 bridgehead atoms. The van der Waals surface area contributed by atoms with E-state index >= 15 is 0 Å². The van der Waals surface area contributed by atoms with Crippen LogP contribution in [0.25, 0.3) is 5.69 Å². The number of imidazole rings is 1. The maximum absolute atomic E-state index is 10.9. The minimum absolute atomic E-state index is 0.740. The van der Waals surface area contributed by atoms with Gasteiger partial charge in [0.05, 0.1) is 11.9 Å². The molecule has 0 saturated carbocycles. The molecule has 3 heterocycles. The van der Waals surface area contributed by atoms with E-state index in [2.05, 4.69) is 39.1 Å². The highest BCUT2D eigenvalue weighted by molar-refractivity contribution is 5.34. The molecule has 0 spiro atoms. The third kappa shape index (κ3) is 3.48. The van der Waals surface area contributed by atoms with Gasteiger partial charge in [-0.15, -0.1) is 0 Å². The molecule has 4 rings (SSSR count). The minimum Gasteiger partial charge on any atom is -0.385 e. The molecule has 1 N–H and O–H groups in total. The first-order valence-electron chi connectivity index (χ1n) is 8.65. The Balaban J connectivity index is 1.37. The normalized spacial score (nSPS) is 17.5. The summed E-state index contributed by atoms with van der Waals surface area (Å²) in [5, 5.41) is 10.9. The third-order valence-electron chi connectivity index (χ3n) is 5.03. The molecule has 25 heavy (non-hydrogen) atoms. The zero-order chi connectivity index (χ0) is 17.1. The predicted octanol–water partition coefficient (Wildman–Crippen LogP) is 2.75. The molecule has 128 valence electrons. The van der Waals surface area contributed by atoms with Gasteiger partial charge in [0.2, 0.25) is 0 Å². The van der Waals surface area contributed by atoms with Crippen molar-refractivity contribution in [3.63, 3.8) is 0 Å². The predicted molar refractivity (Wildman–Crippen MR) is 96.2 cm³/mol. The molecule has 1 saturated heterocycles. The van der Waals surface area contributed by atoms with E-state index < -0.39 is 5.60 Å². The maximum Gasteiger partial charge on any atom is 0.0991 e. The van der Waals surface area contributed by atoms with Crippen LogP contribution in [0.3, 0.4) is 0 Å². The van der Waals surface area contributed by atoms with Gasteiger partial charge in [0.1, 0.15) is 0 Å². The van der Waals surface area contributed by atoms with Gasteiger partial charge in [0, 0.05) is 55.7 Å². The standard InChI is InChI=1S/C20H22N4O/c25-20(18-2-1-9-21-14-18)7-11-23(12-8-20)15-17-3-5-19(6-4-17)24-13-10-22-16-24/h1-6,9-10,13-14,16,25H,7-8,11-12,15H2. The second-order valence-corrected chi connectivity index (χ2v) is 6.69. The highest BCUT2D eigenvalue weighted by atomic mass is 16.3. The van der Waals surface area contributed by atoms with Gasteiger partial charge in [-0.05, 0) is 36.6 Å². The molecule has 5 nitrogen and oxygen atoms in total. The molecule has 1 aromatic carbocycles. The summed E-state index contributed by atoms with van der Waals surface area (Å²) in [5.74, 6) is 0. The molecule has 0 aliphatic carbocycles. The molecular formula is C20H22N4O. The smallest absolute Gasteiger partial charge is 0.0991 e. The Kier molecular flexibility index (Phi) is 4.34. The lowest BCUT2D eigenvalue weighted by atomic mass is 9.85. The van der Waals surface area contributed by atoms with Crippen LogP contribution < -0.4 is 0 Å². The van der Waals surface area contributed by atoms with Gasteiger partial charge in [-0.3, -0.25) is 9.88 Å². The zero-order valence-corrected chi connectivity index (χ0v) is 14.1. The van der Waals surface area contributed by atoms with E-state index in [1.54, 1.807) is 24.9 Å². The van der Waals surface area contributed by atoms with Crippen LogP contribution in [0.2, 0.25) is 0 Å². The topological polar surface area (TPSA) is 54.2 Å². The number of rotatable bonds is 4. The summed E-state index contributed by atoms with van der Waals surface area (Å²) in [6.07, 6.45) is 10.5. The molecule has 1 fully saturated rings. The van der Waals surface area contributed by atoms with E-state index in [-0.39, 0.29) is 0 Å². The van der Waals surface area contributed by atoms with Crippen LogP contribution in [-0.2, 0) is 12.1 Å². The average Bonchev–Trinajstić information content (AvgIpc) is 3.20. The van der Waals surface area contributed by atoms with Crippen molar-refractivity contribution < 1.29 is 5.11 Å². The van der Waals surface area contributed by atoms with Crippen molar-refractivity contribution in [1.29, 1.82) is 0 Å². The number of pyridine rings is 1. The highest BCUT2D eigenvalue weighted by Gasteiger charge is 2.33. The molecule has 0 atom stereocenters. The molecule has 0 radical (unpaired) electrons. The molecule has 0 unspecified atom stereocenters. The van der Waals surface area contributed by atoms with Crippen molar-refractivity contribution in [3.8, 4) is 5.69 Å². The molecular weight excluding hydrogens is 312 g/mol. The summed E-state index contributed by atoms with van der Waals surface area (Å²) in [6, 6.07) is 12.4. The highest BCUT2D eigenvalue weighted by Crippen LogP contribution is 2.32. The third-order valence-corrected chi connectivity index (χ3v) is 5.03. The molecule has 1 aliphatic heterocycles. The fourth-order valence-corrected chi connectivity index (χ4v) is 3.45. The SMILES string of the molecule is OC1(c2cccnc2)CCN(Cc2ccc(-n3ccnc3)cc2)CC1. The molecule has 1 aliphatic rings. The second-order valence-electron chi connectivity index (χ2n) is 6.69. The fraction of sp³-hybridized carbons (Fsp3) is 0.300. The van der Waals surface area contributed by atoms with Gasteiger partial charge in [-0.2, -0.15) is 0 Å². The Morgan fingerprint density at radius 1 is 1.00 bits per heavy atom. The largest absolute Gasteiger partial charge is 0.385 e. The van der Waals surface area contributed by atoms with Crippen molar-refractivity contribution in [2.45, 2.75) is 25.0 Å². The number of piperidine rings is 1. The van der Waals surface area contributed by atoms with Gasteiger partial charge in [0.25, 0.3) is 0 Å². The van der Waals surface area contributed by atoms with Crippen LogP contribution in [0.1, 0.15) is 24.0 Å². The van der Waals surface area contributed by atoms with Crippen molar-refractivity contribution >= 4 is 0 Å². The Morgan fingerprint density at radius 2 is 1.80 bits per heavy atom. The average molecular weight is 334 g/mol. The first-order chi connectivity index (χ1) is 12.2. The molecule has 2 aromatic heterocycles. The summed E-state index contributed by atoms with van der Waals surface area (Å²) in [5.41, 5.74) is 2.59. The van der Waals surface area contributed by atoms with E-state index in [9.17, 15) is 5.11 Å². The van der Waals surface area contributed by atoms with Gasteiger partial charge in [-0.25, -0.2) is 4.98 Å². The van der Waals surface area contributed by atoms with Crippen molar-refractivity contribution in [1.82, 2.24) is 19.4 Å². The lowest BCUT2D eigenvalue weighted by molar-refractivity contribution is -0.0279. The lowest BCUT2D eigenvalue weighted by Crippen LogP contribution is -2.42. The summed E-state index contributed by atoms with van der Waals surface area (Å²) in [7, 11) is 0. The fourth-order valence-electron chi connectivity index (χ4n) is 3.45. The summed E-state index contributed by atoms with van der Waals surface area (Å²) < 4.78 is 2.00. The van der Waals surface area contributed by atoms with Gasteiger partial charge >= 0.3 is 0 Å². The van der Waals surface area contributed by atoms with E-state index in [1.165, 1.54) is 5.56 Å². The molecule has 3 aromatic rings. The quantitative estimate of drug-likeness (QED) is 0.797. The molecule has 0 amide bonds. The number of hydrogen-bond acceptors (Lipinski definition) is 4. The Hall–Kier alpha value is -2.50. The van der Waals surface area contributed by atoms with Gasteiger partial charge < -0.3 is 9.67 Å². The number of benzene rings is 1. The summed E-state index contributed by atoms with van der Waals surface area (Å²) in [6.45, 7) is 2.68. The van der Waals surface area contributed by atoms with E-state index in [1.807, 2.05) is 22.9 Å². The van der Waals surface area contributed by atoms with Crippen molar-refractivity contribution in [2.75, 3.05) is 13.1 Å². The second kappa shape index (κ2) is 6.78.